The van der Waals surface area contributed by atoms with Crippen LogP contribution in [-0.2, 0) is 6.42 Å². The third kappa shape index (κ3) is 2.17. The second-order valence-corrected chi connectivity index (χ2v) is 3.05. The number of hydrogen-bond donors (Lipinski definition) is 0. The topological polar surface area (TPSA) is 84.0 Å². The molecular formula is C10H8N2O3. The Morgan fingerprint density at radius 2 is 2.27 bits per heavy atom. The summed E-state index contributed by atoms with van der Waals surface area (Å²) in [5.74, 6) is 0. The summed E-state index contributed by atoms with van der Waals surface area (Å²) < 4.78 is 0. The van der Waals surface area contributed by atoms with E-state index >= 15 is 0 Å². The Hall–Kier alpha value is -2.22. The van der Waals surface area contributed by atoms with Gasteiger partial charge in [0.2, 0.25) is 0 Å². The van der Waals surface area contributed by atoms with Crippen molar-refractivity contribution in [3.63, 3.8) is 0 Å². The maximum Gasteiger partial charge on any atom is 0.280 e. The third-order valence-corrected chi connectivity index (χ3v) is 2.08. The molecule has 0 radical (unpaired) electrons. The summed E-state index contributed by atoms with van der Waals surface area (Å²) in [6, 6.07) is 4.63. The van der Waals surface area contributed by atoms with Crippen molar-refractivity contribution in [1.29, 1.82) is 5.26 Å². The molecule has 0 saturated heterocycles. The van der Waals surface area contributed by atoms with Crippen LogP contribution in [0.4, 0.5) is 5.69 Å². The van der Waals surface area contributed by atoms with Gasteiger partial charge in [-0.3, -0.25) is 14.9 Å². The maximum atomic E-state index is 10.6. The molecule has 0 saturated carbocycles. The van der Waals surface area contributed by atoms with Crippen molar-refractivity contribution in [2.45, 2.75) is 13.3 Å². The lowest BCUT2D eigenvalue weighted by molar-refractivity contribution is -0.385. The van der Waals surface area contributed by atoms with E-state index in [1.807, 2.05) is 6.07 Å². The second-order valence-electron chi connectivity index (χ2n) is 3.05. The number of carbonyl (C=O) groups is 1. The highest BCUT2D eigenvalue weighted by Gasteiger charge is 2.15. The molecule has 5 heteroatoms. The lowest BCUT2D eigenvalue weighted by Gasteiger charge is -2.03. The highest BCUT2D eigenvalue weighted by Crippen LogP contribution is 2.22. The number of aldehydes is 1. The minimum Gasteiger partial charge on any atom is -0.298 e. The molecule has 5 nitrogen and oxygen atoms in total. The summed E-state index contributed by atoms with van der Waals surface area (Å²) in [4.78, 5) is 20.6. The average molecular weight is 204 g/mol. The van der Waals surface area contributed by atoms with Crippen LogP contribution in [0.5, 0.6) is 0 Å². The van der Waals surface area contributed by atoms with Gasteiger partial charge in [0.1, 0.15) is 0 Å². The zero-order chi connectivity index (χ0) is 11.4. The fourth-order valence-corrected chi connectivity index (χ4v) is 1.29. The molecule has 0 amide bonds. The molecule has 0 bridgehead atoms. The van der Waals surface area contributed by atoms with Crippen molar-refractivity contribution < 1.29 is 9.72 Å². The van der Waals surface area contributed by atoms with Gasteiger partial charge in [0.15, 0.2) is 6.29 Å². The number of aryl methyl sites for hydroxylation is 1. The predicted molar refractivity (Wildman–Crippen MR) is 52.5 cm³/mol. The van der Waals surface area contributed by atoms with E-state index in [9.17, 15) is 14.9 Å². The number of nitriles is 1. The van der Waals surface area contributed by atoms with E-state index in [2.05, 4.69) is 0 Å². The standard InChI is InChI=1S/C10H8N2O3/c1-7-4-9(6-13)10(12(14)15)5-8(7)2-3-11/h4-6H,2H2,1H3. The van der Waals surface area contributed by atoms with Crippen LogP contribution in [0.2, 0.25) is 0 Å². The quantitative estimate of drug-likeness (QED) is 0.426. The van der Waals surface area contributed by atoms with Crippen LogP contribution in [0.3, 0.4) is 0 Å². The normalized spacial score (nSPS) is 9.33. The van der Waals surface area contributed by atoms with Crippen LogP contribution in [-0.4, -0.2) is 11.2 Å². The molecule has 1 aromatic carbocycles. The molecule has 0 spiro atoms. The van der Waals surface area contributed by atoms with Gasteiger partial charge in [0, 0.05) is 6.07 Å². The summed E-state index contributed by atoms with van der Waals surface area (Å²) in [7, 11) is 0. The largest absolute Gasteiger partial charge is 0.298 e. The fourth-order valence-electron chi connectivity index (χ4n) is 1.29. The average Bonchev–Trinajstić information content (AvgIpc) is 2.20. The molecule has 1 rings (SSSR count). The number of nitro benzene ring substituents is 1. The maximum absolute atomic E-state index is 10.6. The van der Waals surface area contributed by atoms with Gasteiger partial charge in [-0.1, -0.05) is 0 Å². The van der Waals surface area contributed by atoms with Gasteiger partial charge in [-0.2, -0.15) is 5.26 Å². The molecule has 0 N–H and O–H groups in total. The molecule has 0 fully saturated rings. The molecule has 0 aliphatic rings. The van der Waals surface area contributed by atoms with Crippen molar-refractivity contribution in [2.24, 2.45) is 0 Å². The summed E-state index contributed by atoms with van der Waals surface area (Å²) in [5.41, 5.74) is 1.08. The van der Waals surface area contributed by atoms with Crippen LogP contribution < -0.4 is 0 Å². The Morgan fingerprint density at radius 1 is 1.60 bits per heavy atom. The minimum absolute atomic E-state index is 0.0409. The Balaban J connectivity index is 3.37. The SMILES string of the molecule is Cc1cc(C=O)c([N+](=O)[O-])cc1CC#N. The van der Waals surface area contributed by atoms with Gasteiger partial charge in [-0.15, -0.1) is 0 Å². The third-order valence-electron chi connectivity index (χ3n) is 2.08. The lowest BCUT2D eigenvalue weighted by Crippen LogP contribution is -1.98. The number of nitro groups is 1. The van der Waals surface area contributed by atoms with Gasteiger partial charge in [-0.05, 0) is 24.1 Å². The van der Waals surface area contributed by atoms with Crippen LogP contribution in [0.1, 0.15) is 21.5 Å². The van der Waals surface area contributed by atoms with Crippen LogP contribution in [0.25, 0.3) is 0 Å². The van der Waals surface area contributed by atoms with Crippen LogP contribution in [0, 0.1) is 28.4 Å². The Labute approximate surface area is 86.1 Å². The molecule has 1 aromatic rings. The minimum atomic E-state index is -0.621. The molecule has 0 aromatic heterocycles. The van der Waals surface area contributed by atoms with E-state index in [1.165, 1.54) is 12.1 Å². The van der Waals surface area contributed by atoms with E-state index in [0.29, 0.717) is 17.4 Å². The monoisotopic (exact) mass is 204 g/mol. The van der Waals surface area contributed by atoms with Crippen molar-refractivity contribution in [3.05, 3.63) is 38.9 Å². The zero-order valence-corrected chi connectivity index (χ0v) is 8.06. The highest BCUT2D eigenvalue weighted by molar-refractivity contribution is 5.82. The molecule has 0 heterocycles. The molecule has 15 heavy (non-hydrogen) atoms. The lowest BCUT2D eigenvalue weighted by atomic mass is 10.0. The molecule has 0 aliphatic carbocycles. The van der Waals surface area contributed by atoms with E-state index in [0.717, 1.165) is 0 Å². The van der Waals surface area contributed by atoms with Gasteiger partial charge in [0.05, 0.1) is 23.0 Å². The zero-order valence-electron chi connectivity index (χ0n) is 8.06. The predicted octanol–water partition coefficient (Wildman–Crippen LogP) is 1.78. The molecule has 0 unspecified atom stereocenters. The van der Waals surface area contributed by atoms with Crippen molar-refractivity contribution >= 4 is 12.0 Å². The number of benzene rings is 1. The van der Waals surface area contributed by atoms with Gasteiger partial charge in [-0.25, -0.2) is 0 Å². The number of carbonyl (C=O) groups excluding carboxylic acids is 1. The van der Waals surface area contributed by atoms with Crippen molar-refractivity contribution in [1.82, 2.24) is 0 Å². The van der Waals surface area contributed by atoms with Crippen LogP contribution in [0.15, 0.2) is 12.1 Å². The Kier molecular flexibility index (Phi) is 3.13. The number of nitrogens with zero attached hydrogens (tertiary/aromatic N) is 2. The molecule has 0 atom stereocenters. The molecule has 76 valence electrons. The van der Waals surface area contributed by atoms with E-state index < -0.39 is 4.92 Å². The van der Waals surface area contributed by atoms with Crippen molar-refractivity contribution in [2.75, 3.05) is 0 Å². The number of rotatable bonds is 3. The van der Waals surface area contributed by atoms with E-state index in [-0.39, 0.29) is 17.7 Å². The Morgan fingerprint density at radius 3 is 2.73 bits per heavy atom. The van der Waals surface area contributed by atoms with Gasteiger partial charge >= 0.3 is 0 Å². The molecule has 0 aliphatic heterocycles. The van der Waals surface area contributed by atoms with Gasteiger partial charge in [0.25, 0.3) is 5.69 Å². The first-order valence-electron chi connectivity index (χ1n) is 4.20. The first-order valence-corrected chi connectivity index (χ1v) is 4.20. The number of hydrogen-bond acceptors (Lipinski definition) is 4. The van der Waals surface area contributed by atoms with Crippen molar-refractivity contribution in [3.8, 4) is 6.07 Å². The Bertz CT molecular complexity index is 460. The summed E-state index contributed by atoms with van der Waals surface area (Å²) in [6.45, 7) is 1.71. The van der Waals surface area contributed by atoms with E-state index in [1.54, 1.807) is 6.92 Å². The molecular weight excluding hydrogens is 196 g/mol. The first kappa shape index (κ1) is 10.9. The van der Waals surface area contributed by atoms with E-state index in [4.69, 9.17) is 5.26 Å². The fraction of sp³-hybridized carbons (Fsp3) is 0.200. The summed E-state index contributed by atoms with van der Waals surface area (Å²) in [5, 5.41) is 19.1. The highest BCUT2D eigenvalue weighted by atomic mass is 16.6. The van der Waals surface area contributed by atoms with Crippen LogP contribution >= 0.6 is 0 Å². The first-order chi connectivity index (χ1) is 7.10. The summed E-state index contributed by atoms with van der Waals surface area (Å²) >= 11 is 0. The summed E-state index contributed by atoms with van der Waals surface area (Å²) in [6.07, 6.45) is 0.549. The second kappa shape index (κ2) is 4.33. The smallest absolute Gasteiger partial charge is 0.280 e. The van der Waals surface area contributed by atoms with Gasteiger partial charge < -0.3 is 0 Å².